The largest absolute Gasteiger partial charge is 0.310 e. The van der Waals surface area contributed by atoms with E-state index in [9.17, 15) is 4.79 Å². The van der Waals surface area contributed by atoms with Crippen LogP contribution in [0.25, 0.3) is 22.0 Å². The van der Waals surface area contributed by atoms with Gasteiger partial charge in [-0.25, -0.2) is 4.98 Å². The molecule has 4 heteroatoms. The molecule has 0 aliphatic heterocycles. The summed E-state index contributed by atoms with van der Waals surface area (Å²) in [7, 11) is 0. The van der Waals surface area contributed by atoms with Gasteiger partial charge in [0.2, 0.25) is 0 Å². The Balaban J connectivity index is 2.02. The third-order valence-corrected chi connectivity index (χ3v) is 4.07. The molecule has 1 N–H and O–H groups in total. The highest BCUT2D eigenvalue weighted by molar-refractivity contribution is 5.95. The first-order valence-electron chi connectivity index (χ1n) is 7.18. The zero-order valence-electron chi connectivity index (χ0n) is 11.8. The first kappa shape index (κ1) is 12.3. The van der Waals surface area contributed by atoms with E-state index in [1.165, 1.54) is 0 Å². The fraction of sp³-hybridized carbons (Fsp3) is 0.235. The number of aromatic nitrogens is 3. The quantitative estimate of drug-likeness (QED) is 0.782. The summed E-state index contributed by atoms with van der Waals surface area (Å²) in [5, 5.41) is 2.14. The van der Waals surface area contributed by atoms with Crippen LogP contribution in [0, 0.1) is 6.92 Å². The van der Waals surface area contributed by atoms with E-state index in [1.807, 2.05) is 37.4 Å². The van der Waals surface area contributed by atoms with Gasteiger partial charge in [0, 0.05) is 34.8 Å². The summed E-state index contributed by atoms with van der Waals surface area (Å²) < 4.78 is 0. The van der Waals surface area contributed by atoms with Crippen molar-refractivity contribution in [3.05, 3.63) is 58.4 Å². The predicted octanol–water partition coefficient (Wildman–Crippen LogP) is 3.17. The molecule has 4 rings (SSSR count). The molecule has 2 heterocycles. The van der Waals surface area contributed by atoms with Crippen molar-refractivity contribution < 1.29 is 0 Å². The molecule has 4 nitrogen and oxygen atoms in total. The predicted molar refractivity (Wildman–Crippen MR) is 82.3 cm³/mol. The van der Waals surface area contributed by atoms with Gasteiger partial charge in [0.25, 0.3) is 5.56 Å². The maximum atomic E-state index is 12.2. The molecule has 3 aromatic rings. The van der Waals surface area contributed by atoms with Crippen LogP contribution in [-0.2, 0) is 0 Å². The third-order valence-electron chi connectivity index (χ3n) is 4.07. The van der Waals surface area contributed by atoms with Gasteiger partial charge in [0.15, 0.2) is 0 Å². The van der Waals surface area contributed by atoms with Crippen molar-refractivity contribution in [2.75, 3.05) is 0 Å². The van der Waals surface area contributed by atoms with Crippen LogP contribution in [-0.4, -0.2) is 15.0 Å². The average molecular weight is 277 g/mol. The lowest BCUT2D eigenvalue weighted by Crippen LogP contribution is -2.15. The van der Waals surface area contributed by atoms with Crippen LogP contribution in [0.2, 0.25) is 0 Å². The van der Waals surface area contributed by atoms with Crippen molar-refractivity contribution in [2.45, 2.75) is 25.7 Å². The molecule has 1 aromatic carbocycles. The number of H-pyrrole nitrogens is 1. The fourth-order valence-corrected chi connectivity index (χ4v) is 2.69. The van der Waals surface area contributed by atoms with Crippen molar-refractivity contribution in [1.82, 2.24) is 15.0 Å². The van der Waals surface area contributed by atoms with Gasteiger partial charge >= 0.3 is 0 Å². The summed E-state index contributed by atoms with van der Waals surface area (Å²) in [5.41, 5.74) is 2.43. The molecular weight excluding hydrogens is 262 g/mol. The Morgan fingerprint density at radius 3 is 2.90 bits per heavy atom. The minimum absolute atomic E-state index is 0.0343. The summed E-state index contributed by atoms with van der Waals surface area (Å²) in [4.78, 5) is 24.0. The zero-order valence-corrected chi connectivity index (χ0v) is 11.8. The van der Waals surface area contributed by atoms with Gasteiger partial charge < -0.3 is 4.98 Å². The summed E-state index contributed by atoms with van der Waals surface area (Å²) in [6, 6.07) is 8.01. The van der Waals surface area contributed by atoms with Gasteiger partial charge in [-0.2, -0.15) is 0 Å². The van der Waals surface area contributed by atoms with E-state index in [1.54, 1.807) is 6.20 Å². The minimum atomic E-state index is -0.0343. The van der Waals surface area contributed by atoms with E-state index < -0.39 is 0 Å². The Morgan fingerprint density at radius 1 is 1.24 bits per heavy atom. The van der Waals surface area contributed by atoms with Gasteiger partial charge in [0.05, 0.1) is 5.69 Å². The number of pyridine rings is 1. The van der Waals surface area contributed by atoms with Crippen LogP contribution in [0.15, 0.2) is 41.5 Å². The number of hydrogen-bond acceptors (Lipinski definition) is 3. The Morgan fingerprint density at radius 2 is 2.10 bits per heavy atom. The Labute approximate surface area is 121 Å². The van der Waals surface area contributed by atoms with Gasteiger partial charge in [-0.15, -0.1) is 0 Å². The lowest BCUT2D eigenvalue weighted by atomic mass is 10.0. The standard InChI is InChI=1S/C17H15N3O/c1-10-15(19-16(11-5-6-11)20-17(10)21)14-4-2-3-12-9-18-8-7-13(12)14/h2-4,7-9,11H,5-6H2,1H3,(H,19,20,21). The number of fused-ring (bicyclic) bond motifs is 1. The number of benzene rings is 1. The molecular formula is C17H15N3O. The lowest BCUT2D eigenvalue weighted by molar-refractivity contribution is 0.901. The molecule has 0 amide bonds. The Kier molecular flexibility index (Phi) is 2.64. The normalized spacial score (nSPS) is 14.5. The van der Waals surface area contributed by atoms with Crippen molar-refractivity contribution in [2.24, 2.45) is 0 Å². The monoisotopic (exact) mass is 277 g/mol. The molecule has 1 aliphatic carbocycles. The van der Waals surface area contributed by atoms with Crippen LogP contribution in [0.3, 0.4) is 0 Å². The molecule has 1 aliphatic rings. The van der Waals surface area contributed by atoms with Crippen molar-refractivity contribution >= 4 is 10.8 Å². The van der Waals surface area contributed by atoms with E-state index in [0.29, 0.717) is 11.5 Å². The van der Waals surface area contributed by atoms with Gasteiger partial charge in [0.1, 0.15) is 5.82 Å². The highest BCUT2D eigenvalue weighted by Gasteiger charge is 2.27. The summed E-state index contributed by atoms with van der Waals surface area (Å²) in [6.07, 6.45) is 5.84. The molecule has 21 heavy (non-hydrogen) atoms. The molecule has 2 aromatic heterocycles. The van der Waals surface area contributed by atoms with E-state index in [0.717, 1.165) is 40.7 Å². The first-order chi connectivity index (χ1) is 10.2. The average Bonchev–Trinajstić information content (AvgIpc) is 3.34. The van der Waals surface area contributed by atoms with E-state index in [4.69, 9.17) is 4.98 Å². The zero-order chi connectivity index (χ0) is 14.4. The molecule has 0 bridgehead atoms. The maximum absolute atomic E-state index is 12.2. The fourth-order valence-electron chi connectivity index (χ4n) is 2.69. The van der Waals surface area contributed by atoms with Crippen LogP contribution in [0.1, 0.15) is 30.1 Å². The van der Waals surface area contributed by atoms with E-state index >= 15 is 0 Å². The third kappa shape index (κ3) is 2.03. The minimum Gasteiger partial charge on any atom is -0.310 e. The highest BCUT2D eigenvalue weighted by atomic mass is 16.1. The van der Waals surface area contributed by atoms with Crippen LogP contribution < -0.4 is 5.56 Å². The highest BCUT2D eigenvalue weighted by Crippen LogP contribution is 2.38. The van der Waals surface area contributed by atoms with Crippen molar-refractivity contribution in [3.63, 3.8) is 0 Å². The summed E-state index contributed by atoms with van der Waals surface area (Å²) >= 11 is 0. The lowest BCUT2D eigenvalue weighted by Gasteiger charge is -2.10. The second-order valence-corrected chi connectivity index (χ2v) is 5.60. The molecule has 0 saturated heterocycles. The molecule has 0 unspecified atom stereocenters. The second kappa shape index (κ2) is 4.52. The molecule has 0 radical (unpaired) electrons. The molecule has 1 saturated carbocycles. The molecule has 0 spiro atoms. The van der Waals surface area contributed by atoms with E-state index in [-0.39, 0.29) is 5.56 Å². The number of aromatic amines is 1. The van der Waals surface area contributed by atoms with E-state index in [2.05, 4.69) is 9.97 Å². The smallest absolute Gasteiger partial charge is 0.254 e. The first-order valence-corrected chi connectivity index (χ1v) is 7.18. The van der Waals surface area contributed by atoms with Crippen molar-refractivity contribution in [3.8, 4) is 11.3 Å². The van der Waals surface area contributed by atoms with Gasteiger partial charge in [-0.1, -0.05) is 18.2 Å². The Hall–Kier alpha value is -2.49. The Bertz CT molecular complexity index is 889. The topological polar surface area (TPSA) is 58.6 Å². The molecule has 1 fully saturated rings. The number of nitrogens with one attached hydrogen (secondary N) is 1. The van der Waals surface area contributed by atoms with Crippen LogP contribution in [0.4, 0.5) is 0 Å². The van der Waals surface area contributed by atoms with Crippen LogP contribution in [0.5, 0.6) is 0 Å². The SMILES string of the molecule is Cc1c(-c2cccc3cnccc23)nc(C2CC2)[nH]c1=O. The second-order valence-electron chi connectivity index (χ2n) is 5.60. The van der Waals surface area contributed by atoms with Crippen LogP contribution >= 0.6 is 0 Å². The molecule has 104 valence electrons. The van der Waals surface area contributed by atoms with Gasteiger partial charge in [-0.05, 0) is 31.2 Å². The number of hydrogen-bond donors (Lipinski definition) is 1. The molecule has 0 atom stereocenters. The summed E-state index contributed by atoms with van der Waals surface area (Å²) in [5.74, 6) is 1.25. The van der Waals surface area contributed by atoms with Crippen molar-refractivity contribution in [1.29, 1.82) is 0 Å². The van der Waals surface area contributed by atoms with Gasteiger partial charge in [-0.3, -0.25) is 9.78 Å². The number of rotatable bonds is 2. The number of nitrogens with zero attached hydrogens (tertiary/aromatic N) is 2. The maximum Gasteiger partial charge on any atom is 0.254 e. The summed E-state index contributed by atoms with van der Waals surface area (Å²) in [6.45, 7) is 1.83.